The number of nitrogens with one attached hydrogen (secondary N) is 1. The van der Waals surface area contributed by atoms with E-state index < -0.39 is 27.4 Å². The van der Waals surface area contributed by atoms with Crippen LogP contribution in [0.3, 0.4) is 0 Å². The molecule has 0 unspecified atom stereocenters. The molecule has 1 amide bonds. The Morgan fingerprint density at radius 2 is 1.72 bits per heavy atom. The van der Waals surface area contributed by atoms with E-state index in [1.165, 1.54) is 68.5 Å². The number of carbonyl (C=O) groups is 1. The van der Waals surface area contributed by atoms with Crippen LogP contribution in [-0.4, -0.2) is 43.3 Å². The van der Waals surface area contributed by atoms with Gasteiger partial charge in [0, 0.05) is 29.7 Å². The Hall–Kier alpha value is -2.59. The fraction of sp³-hybridized carbons (Fsp3) is 0.409. The topological polar surface area (TPSA) is 110 Å². The van der Waals surface area contributed by atoms with E-state index in [9.17, 15) is 23.3 Å². The third-order valence-corrected chi connectivity index (χ3v) is 8.47. The van der Waals surface area contributed by atoms with Crippen molar-refractivity contribution < 1.29 is 18.1 Å². The summed E-state index contributed by atoms with van der Waals surface area (Å²) in [7, 11) is -4.03. The highest BCUT2D eigenvalue weighted by Gasteiger charge is 2.27. The molecule has 0 bridgehead atoms. The molecule has 1 aliphatic rings. The van der Waals surface area contributed by atoms with Gasteiger partial charge in [0.05, 0.1) is 15.5 Å². The molecule has 32 heavy (non-hydrogen) atoms. The van der Waals surface area contributed by atoms with Crippen LogP contribution in [-0.2, 0) is 14.8 Å². The summed E-state index contributed by atoms with van der Waals surface area (Å²) in [6, 6.07) is 12.9. The summed E-state index contributed by atoms with van der Waals surface area (Å²) in [6.45, 7) is 0.0443. The SMILES string of the molecule is O=C(CN(c1ccc([N+](=O)[O-])cc1)S(=O)(=O)c1ccccc1)NCCSC1CCCCC1. The number of sulfonamides is 1. The van der Waals surface area contributed by atoms with Gasteiger partial charge in [-0.05, 0) is 37.1 Å². The predicted octanol–water partition coefficient (Wildman–Crippen LogP) is 3.97. The quantitative estimate of drug-likeness (QED) is 0.315. The Morgan fingerprint density at radius 3 is 2.34 bits per heavy atom. The van der Waals surface area contributed by atoms with Crippen LogP contribution in [0.5, 0.6) is 0 Å². The first-order chi connectivity index (χ1) is 15.4. The largest absolute Gasteiger partial charge is 0.354 e. The molecule has 1 fully saturated rings. The minimum atomic E-state index is -4.03. The summed E-state index contributed by atoms with van der Waals surface area (Å²) in [5.41, 5.74) is 0.0289. The summed E-state index contributed by atoms with van der Waals surface area (Å²) in [4.78, 5) is 23.0. The normalized spacial score (nSPS) is 14.6. The van der Waals surface area contributed by atoms with Crippen molar-refractivity contribution in [1.29, 1.82) is 0 Å². The third kappa shape index (κ3) is 6.46. The van der Waals surface area contributed by atoms with E-state index in [1.54, 1.807) is 18.2 Å². The minimum Gasteiger partial charge on any atom is -0.354 e. The molecule has 2 aromatic carbocycles. The van der Waals surface area contributed by atoms with Crippen molar-refractivity contribution in [2.45, 2.75) is 42.2 Å². The molecule has 8 nitrogen and oxygen atoms in total. The van der Waals surface area contributed by atoms with Gasteiger partial charge >= 0.3 is 0 Å². The van der Waals surface area contributed by atoms with E-state index >= 15 is 0 Å². The molecule has 0 saturated heterocycles. The van der Waals surface area contributed by atoms with Crippen molar-refractivity contribution in [1.82, 2.24) is 5.32 Å². The van der Waals surface area contributed by atoms with Crippen molar-refractivity contribution >= 4 is 39.1 Å². The molecule has 1 N–H and O–H groups in total. The van der Waals surface area contributed by atoms with Gasteiger partial charge in [0.25, 0.3) is 15.7 Å². The van der Waals surface area contributed by atoms with E-state index in [-0.39, 0.29) is 16.3 Å². The first kappa shape index (κ1) is 24.1. The zero-order valence-electron chi connectivity index (χ0n) is 17.7. The molecule has 10 heteroatoms. The number of benzene rings is 2. The fourth-order valence-corrected chi connectivity index (χ4v) is 6.27. The molecule has 0 atom stereocenters. The number of amides is 1. The van der Waals surface area contributed by atoms with E-state index in [0.29, 0.717) is 11.8 Å². The van der Waals surface area contributed by atoms with Crippen molar-refractivity contribution in [3.63, 3.8) is 0 Å². The highest BCUT2D eigenvalue weighted by atomic mass is 32.2. The van der Waals surface area contributed by atoms with Crippen LogP contribution in [0, 0.1) is 10.1 Å². The lowest BCUT2D eigenvalue weighted by Crippen LogP contribution is -2.41. The van der Waals surface area contributed by atoms with Gasteiger partial charge in [-0.15, -0.1) is 0 Å². The lowest BCUT2D eigenvalue weighted by atomic mass is 10.0. The number of nitrogens with zero attached hydrogens (tertiary/aromatic N) is 2. The smallest absolute Gasteiger partial charge is 0.269 e. The minimum absolute atomic E-state index is 0.0407. The molecule has 172 valence electrons. The molecule has 1 aliphatic carbocycles. The number of nitro groups is 1. The summed E-state index contributed by atoms with van der Waals surface area (Å²) < 4.78 is 27.4. The first-order valence-electron chi connectivity index (χ1n) is 10.6. The van der Waals surface area contributed by atoms with Crippen LogP contribution in [0.25, 0.3) is 0 Å². The van der Waals surface area contributed by atoms with Gasteiger partial charge in [-0.3, -0.25) is 19.2 Å². The maximum atomic E-state index is 13.2. The zero-order valence-corrected chi connectivity index (χ0v) is 19.3. The van der Waals surface area contributed by atoms with Gasteiger partial charge in [-0.25, -0.2) is 8.42 Å². The average molecular weight is 478 g/mol. The summed E-state index contributed by atoms with van der Waals surface area (Å²) in [5, 5.41) is 14.4. The molecule has 0 radical (unpaired) electrons. The Balaban J connectivity index is 1.69. The van der Waals surface area contributed by atoms with E-state index in [2.05, 4.69) is 5.32 Å². The van der Waals surface area contributed by atoms with Gasteiger partial charge in [-0.1, -0.05) is 37.5 Å². The monoisotopic (exact) mass is 477 g/mol. The summed E-state index contributed by atoms with van der Waals surface area (Å²) in [5.74, 6) is 0.353. The molecule has 0 spiro atoms. The number of anilines is 1. The van der Waals surface area contributed by atoms with Crippen LogP contribution in [0.4, 0.5) is 11.4 Å². The fourth-order valence-electron chi connectivity index (χ4n) is 3.61. The number of nitro benzene ring substituents is 1. The number of carbonyl (C=O) groups excluding carboxylic acids is 1. The Kier molecular flexibility index (Phi) is 8.52. The average Bonchev–Trinajstić information content (AvgIpc) is 2.81. The first-order valence-corrected chi connectivity index (χ1v) is 13.1. The second-order valence-corrected chi connectivity index (χ2v) is 10.8. The van der Waals surface area contributed by atoms with Crippen molar-refractivity contribution in [2.24, 2.45) is 0 Å². The maximum absolute atomic E-state index is 13.2. The predicted molar refractivity (Wildman–Crippen MR) is 126 cm³/mol. The molecular weight excluding hydrogens is 450 g/mol. The van der Waals surface area contributed by atoms with Crippen LogP contribution < -0.4 is 9.62 Å². The van der Waals surface area contributed by atoms with E-state index in [0.717, 1.165) is 10.1 Å². The van der Waals surface area contributed by atoms with Crippen molar-refractivity contribution in [2.75, 3.05) is 23.1 Å². The number of thioether (sulfide) groups is 1. The van der Waals surface area contributed by atoms with Crippen LogP contribution in [0.1, 0.15) is 32.1 Å². The highest BCUT2D eigenvalue weighted by Crippen LogP contribution is 2.28. The molecule has 3 rings (SSSR count). The highest BCUT2D eigenvalue weighted by molar-refractivity contribution is 7.99. The van der Waals surface area contributed by atoms with Crippen LogP contribution in [0.2, 0.25) is 0 Å². The zero-order chi connectivity index (χ0) is 23.0. The van der Waals surface area contributed by atoms with Gasteiger partial charge < -0.3 is 5.32 Å². The number of hydrogen-bond donors (Lipinski definition) is 1. The summed E-state index contributed by atoms with van der Waals surface area (Å²) >= 11 is 1.85. The van der Waals surface area contributed by atoms with Gasteiger partial charge in [-0.2, -0.15) is 11.8 Å². The van der Waals surface area contributed by atoms with Crippen LogP contribution in [0.15, 0.2) is 59.5 Å². The Labute approximate surface area is 192 Å². The number of rotatable bonds is 10. The van der Waals surface area contributed by atoms with Crippen LogP contribution >= 0.6 is 11.8 Å². The third-order valence-electron chi connectivity index (χ3n) is 5.30. The van der Waals surface area contributed by atoms with E-state index in [1.807, 2.05) is 11.8 Å². The molecule has 1 saturated carbocycles. The summed E-state index contributed by atoms with van der Waals surface area (Å²) in [6.07, 6.45) is 6.23. The second kappa shape index (κ2) is 11.3. The molecular formula is C22H27N3O5S2. The standard InChI is InChI=1S/C22H27N3O5S2/c26-22(23-15-16-31-20-7-3-1-4-8-20)17-24(18-11-13-19(14-12-18)25(27)28)32(29,30)21-9-5-2-6-10-21/h2,5-6,9-14,20H,1,3-4,7-8,15-17H2,(H,23,26). The second-order valence-electron chi connectivity index (χ2n) is 7.58. The van der Waals surface area contributed by atoms with E-state index in [4.69, 9.17) is 0 Å². The Bertz CT molecular complexity index is 1010. The number of non-ortho nitro benzene ring substituents is 1. The van der Waals surface area contributed by atoms with Crippen molar-refractivity contribution in [3.05, 3.63) is 64.7 Å². The molecule has 2 aromatic rings. The lowest BCUT2D eigenvalue weighted by Gasteiger charge is -2.24. The van der Waals surface area contributed by atoms with Gasteiger partial charge in [0.1, 0.15) is 6.54 Å². The lowest BCUT2D eigenvalue weighted by molar-refractivity contribution is -0.384. The molecule has 0 aliphatic heterocycles. The Morgan fingerprint density at radius 1 is 1.06 bits per heavy atom. The van der Waals surface area contributed by atoms with Gasteiger partial charge in [0.2, 0.25) is 5.91 Å². The molecule has 0 heterocycles. The van der Waals surface area contributed by atoms with Gasteiger partial charge in [0.15, 0.2) is 0 Å². The maximum Gasteiger partial charge on any atom is 0.269 e. The van der Waals surface area contributed by atoms with Crippen molar-refractivity contribution in [3.8, 4) is 0 Å². The number of hydrogen-bond acceptors (Lipinski definition) is 6. The molecule has 0 aromatic heterocycles.